The average Bonchev–Trinajstić information content (AvgIpc) is 2.51. The first-order valence-corrected chi connectivity index (χ1v) is 7.70. The van der Waals surface area contributed by atoms with Crippen LogP contribution in [0.4, 0.5) is 5.69 Å². The second-order valence-corrected chi connectivity index (χ2v) is 5.93. The lowest BCUT2D eigenvalue weighted by atomic mass is 9.76. The molecule has 0 aromatic heterocycles. The van der Waals surface area contributed by atoms with E-state index in [1.807, 2.05) is 26.0 Å². The summed E-state index contributed by atoms with van der Waals surface area (Å²) >= 11 is 0. The summed E-state index contributed by atoms with van der Waals surface area (Å²) in [7, 11) is 1.67. The molecule has 4 heteroatoms. The van der Waals surface area contributed by atoms with Gasteiger partial charge in [-0.05, 0) is 57.8 Å². The summed E-state index contributed by atoms with van der Waals surface area (Å²) < 4.78 is 5.43. The van der Waals surface area contributed by atoms with Gasteiger partial charge in [0.05, 0.1) is 12.5 Å². The Hall–Kier alpha value is -1.55. The summed E-state index contributed by atoms with van der Waals surface area (Å²) in [5, 5.41) is 6.46. The molecule has 0 spiro atoms. The maximum Gasteiger partial charge on any atom is 0.230 e. The normalized spacial score (nSPS) is 17.3. The van der Waals surface area contributed by atoms with Crippen molar-refractivity contribution in [3.63, 3.8) is 0 Å². The maximum atomic E-state index is 12.8. The van der Waals surface area contributed by atoms with Crippen molar-refractivity contribution >= 4 is 11.6 Å². The third-order valence-electron chi connectivity index (χ3n) is 4.77. The van der Waals surface area contributed by atoms with Crippen LogP contribution >= 0.6 is 0 Å². The summed E-state index contributed by atoms with van der Waals surface area (Å²) in [6, 6.07) is 3.96. The van der Waals surface area contributed by atoms with Gasteiger partial charge in [0, 0.05) is 11.3 Å². The van der Waals surface area contributed by atoms with E-state index in [1.54, 1.807) is 7.11 Å². The number of hydrogen-bond acceptors (Lipinski definition) is 3. The lowest BCUT2D eigenvalue weighted by molar-refractivity contribution is -0.127. The Labute approximate surface area is 127 Å². The van der Waals surface area contributed by atoms with Crippen LogP contribution in [-0.4, -0.2) is 26.1 Å². The van der Waals surface area contributed by atoms with Crippen LogP contribution in [-0.2, 0) is 4.79 Å². The number of rotatable bonds is 4. The molecule has 2 N–H and O–H groups in total. The van der Waals surface area contributed by atoms with Crippen molar-refractivity contribution in [1.82, 2.24) is 5.32 Å². The van der Waals surface area contributed by atoms with E-state index >= 15 is 0 Å². The van der Waals surface area contributed by atoms with Crippen LogP contribution in [0.5, 0.6) is 5.75 Å². The van der Waals surface area contributed by atoms with Gasteiger partial charge in [-0.25, -0.2) is 0 Å². The number of aryl methyl sites for hydroxylation is 1. The zero-order valence-corrected chi connectivity index (χ0v) is 13.5. The van der Waals surface area contributed by atoms with Crippen LogP contribution in [0.15, 0.2) is 12.1 Å². The Balaban J connectivity index is 2.23. The lowest BCUT2D eigenvalue weighted by Gasteiger charge is -2.35. The van der Waals surface area contributed by atoms with E-state index in [0.29, 0.717) is 0 Å². The predicted octanol–water partition coefficient (Wildman–Crippen LogP) is 3.03. The minimum atomic E-state index is -0.240. The Morgan fingerprint density at radius 2 is 2.00 bits per heavy atom. The second kappa shape index (κ2) is 6.48. The smallest absolute Gasteiger partial charge is 0.230 e. The molecule has 0 atom stereocenters. The highest BCUT2D eigenvalue weighted by atomic mass is 16.5. The predicted molar refractivity (Wildman–Crippen MR) is 85.9 cm³/mol. The van der Waals surface area contributed by atoms with Crippen LogP contribution < -0.4 is 15.4 Å². The highest BCUT2D eigenvalue weighted by Gasteiger charge is 2.37. The van der Waals surface area contributed by atoms with Gasteiger partial charge >= 0.3 is 0 Å². The van der Waals surface area contributed by atoms with E-state index in [-0.39, 0.29) is 11.3 Å². The van der Waals surface area contributed by atoms with Crippen molar-refractivity contribution in [2.75, 3.05) is 25.5 Å². The maximum absolute atomic E-state index is 12.8. The third kappa shape index (κ3) is 3.05. The molecule has 21 heavy (non-hydrogen) atoms. The molecule has 4 nitrogen and oxygen atoms in total. The standard InChI is InChI=1S/C17H26N2O2/c1-5-17(8-10-18-11-9-17)16(20)19-14-7-6-12(2)15(21-4)13(14)3/h6-7,18H,5,8-11H2,1-4H3,(H,19,20). The number of carbonyl (C=O) groups excluding carboxylic acids is 1. The number of hydrogen-bond donors (Lipinski definition) is 2. The van der Waals surface area contributed by atoms with E-state index in [0.717, 1.165) is 54.9 Å². The molecule has 0 saturated carbocycles. The minimum absolute atomic E-state index is 0.139. The Morgan fingerprint density at radius 3 is 2.57 bits per heavy atom. The minimum Gasteiger partial charge on any atom is -0.496 e. The fourth-order valence-electron chi connectivity index (χ4n) is 3.18. The van der Waals surface area contributed by atoms with Crippen molar-refractivity contribution in [3.8, 4) is 5.75 Å². The molecule has 1 aliphatic heterocycles. The van der Waals surface area contributed by atoms with Crippen molar-refractivity contribution in [2.24, 2.45) is 5.41 Å². The zero-order valence-electron chi connectivity index (χ0n) is 13.5. The number of amides is 1. The van der Waals surface area contributed by atoms with E-state index in [2.05, 4.69) is 17.6 Å². The van der Waals surface area contributed by atoms with Gasteiger partial charge in [-0.3, -0.25) is 4.79 Å². The first-order valence-electron chi connectivity index (χ1n) is 7.70. The SMILES string of the molecule is CCC1(C(=O)Nc2ccc(C)c(OC)c2C)CCNCC1. The molecular weight excluding hydrogens is 264 g/mol. The molecular formula is C17H26N2O2. The molecule has 0 radical (unpaired) electrons. The highest BCUT2D eigenvalue weighted by Crippen LogP contribution is 2.35. The molecule has 1 saturated heterocycles. The number of carbonyl (C=O) groups is 1. The molecule has 1 heterocycles. The fraction of sp³-hybridized carbons (Fsp3) is 0.588. The van der Waals surface area contributed by atoms with Gasteiger partial charge in [-0.15, -0.1) is 0 Å². The lowest BCUT2D eigenvalue weighted by Crippen LogP contribution is -2.44. The molecule has 0 bridgehead atoms. The number of benzene rings is 1. The monoisotopic (exact) mass is 290 g/mol. The Morgan fingerprint density at radius 1 is 1.33 bits per heavy atom. The number of methoxy groups -OCH3 is 1. The number of anilines is 1. The molecule has 116 valence electrons. The third-order valence-corrected chi connectivity index (χ3v) is 4.77. The van der Waals surface area contributed by atoms with Crippen LogP contribution in [0.25, 0.3) is 0 Å². The summed E-state index contributed by atoms with van der Waals surface area (Å²) in [6.45, 7) is 7.93. The van der Waals surface area contributed by atoms with E-state index in [1.165, 1.54) is 0 Å². The summed E-state index contributed by atoms with van der Waals surface area (Å²) in [6.07, 6.45) is 2.68. The number of piperidine rings is 1. The van der Waals surface area contributed by atoms with Gasteiger partial charge < -0.3 is 15.4 Å². The quantitative estimate of drug-likeness (QED) is 0.896. The highest BCUT2D eigenvalue weighted by molar-refractivity contribution is 5.96. The Bertz CT molecular complexity index is 520. The van der Waals surface area contributed by atoms with Crippen molar-refractivity contribution in [3.05, 3.63) is 23.3 Å². The molecule has 1 amide bonds. The second-order valence-electron chi connectivity index (χ2n) is 5.93. The fourth-order valence-corrected chi connectivity index (χ4v) is 3.18. The molecule has 1 aromatic rings. The van der Waals surface area contributed by atoms with Crippen molar-refractivity contribution in [1.29, 1.82) is 0 Å². The molecule has 1 aromatic carbocycles. The first kappa shape index (κ1) is 15.8. The van der Waals surface area contributed by atoms with Gasteiger partial charge in [0.25, 0.3) is 0 Å². The number of nitrogens with one attached hydrogen (secondary N) is 2. The van der Waals surface area contributed by atoms with Gasteiger partial charge in [-0.1, -0.05) is 13.0 Å². The van der Waals surface area contributed by atoms with Crippen LogP contribution in [0.3, 0.4) is 0 Å². The Kier molecular flexibility index (Phi) is 4.88. The summed E-state index contributed by atoms with van der Waals surface area (Å²) in [5.41, 5.74) is 2.69. The molecule has 2 rings (SSSR count). The topological polar surface area (TPSA) is 50.4 Å². The van der Waals surface area contributed by atoms with Crippen molar-refractivity contribution < 1.29 is 9.53 Å². The number of ether oxygens (including phenoxy) is 1. The first-order chi connectivity index (χ1) is 10.0. The van der Waals surface area contributed by atoms with Crippen LogP contribution in [0.2, 0.25) is 0 Å². The van der Waals surface area contributed by atoms with Gasteiger partial charge in [-0.2, -0.15) is 0 Å². The van der Waals surface area contributed by atoms with Gasteiger partial charge in [0.1, 0.15) is 5.75 Å². The van der Waals surface area contributed by atoms with Crippen molar-refractivity contribution in [2.45, 2.75) is 40.0 Å². The van der Waals surface area contributed by atoms with E-state index < -0.39 is 0 Å². The molecule has 1 fully saturated rings. The average molecular weight is 290 g/mol. The summed E-state index contributed by atoms with van der Waals surface area (Å²) in [4.78, 5) is 12.8. The van der Waals surface area contributed by atoms with Crippen LogP contribution in [0, 0.1) is 19.3 Å². The molecule has 0 aliphatic carbocycles. The summed E-state index contributed by atoms with van der Waals surface area (Å²) in [5.74, 6) is 0.990. The molecule has 0 unspecified atom stereocenters. The van der Waals surface area contributed by atoms with Gasteiger partial charge in [0.15, 0.2) is 0 Å². The molecule has 1 aliphatic rings. The van der Waals surface area contributed by atoms with Gasteiger partial charge in [0.2, 0.25) is 5.91 Å². The van der Waals surface area contributed by atoms with E-state index in [4.69, 9.17) is 4.74 Å². The van der Waals surface area contributed by atoms with Crippen LogP contribution in [0.1, 0.15) is 37.3 Å². The zero-order chi connectivity index (χ0) is 15.5. The largest absolute Gasteiger partial charge is 0.496 e. The van der Waals surface area contributed by atoms with E-state index in [9.17, 15) is 4.79 Å².